The van der Waals surface area contributed by atoms with Gasteiger partial charge in [0.15, 0.2) is 11.5 Å². The lowest BCUT2D eigenvalue weighted by Gasteiger charge is -2.14. The Morgan fingerprint density at radius 3 is 2.59 bits per heavy atom. The predicted molar refractivity (Wildman–Crippen MR) is 139 cm³/mol. The normalized spacial score (nSPS) is 11.0. The third kappa shape index (κ3) is 6.91. The number of methoxy groups -OCH3 is 1. The summed E-state index contributed by atoms with van der Waals surface area (Å²) in [5.74, 6) is 1.28. The maximum atomic E-state index is 12.5. The minimum Gasteiger partial charge on any atom is -0.493 e. The number of aryl methyl sites for hydroxylation is 2. The van der Waals surface area contributed by atoms with Crippen LogP contribution in [0, 0.1) is 21.8 Å². The van der Waals surface area contributed by atoms with E-state index in [1.165, 1.54) is 30.1 Å². The lowest BCUT2D eigenvalue weighted by atomic mass is 10.1. The third-order valence-corrected chi connectivity index (χ3v) is 6.32. The molecule has 0 fully saturated rings. The van der Waals surface area contributed by atoms with Gasteiger partial charge >= 0.3 is 0 Å². The molecule has 0 bridgehead atoms. The fraction of sp³-hybridized carbons (Fsp3) is 0.250. The average Bonchev–Trinajstić information content (AvgIpc) is 3.29. The number of amides is 1. The van der Waals surface area contributed by atoms with Crippen molar-refractivity contribution >= 4 is 51.0 Å². The molecule has 0 aliphatic carbocycles. The minimum absolute atomic E-state index is 0.0636. The highest BCUT2D eigenvalue weighted by molar-refractivity contribution is 14.1. The van der Waals surface area contributed by atoms with Gasteiger partial charge in [0.2, 0.25) is 5.13 Å². The molecule has 176 valence electrons. The first kappa shape index (κ1) is 25.5. The highest BCUT2D eigenvalue weighted by Crippen LogP contribution is 2.34. The number of rotatable bonds is 10. The second-order valence-corrected chi connectivity index (χ2v) is 9.25. The predicted octanol–water partition coefficient (Wildman–Crippen LogP) is 5.03. The Balaban J connectivity index is 1.68. The van der Waals surface area contributed by atoms with E-state index in [-0.39, 0.29) is 5.57 Å². The van der Waals surface area contributed by atoms with Gasteiger partial charge in [0, 0.05) is 0 Å². The van der Waals surface area contributed by atoms with E-state index in [0.717, 1.165) is 20.7 Å². The number of nitriles is 1. The van der Waals surface area contributed by atoms with Gasteiger partial charge in [-0.1, -0.05) is 36.0 Å². The maximum absolute atomic E-state index is 12.5. The van der Waals surface area contributed by atoms with Gasteiger partial charge in [0.1, 0.15) is 35.6 Å². The van der Waals surface area contributed by atoms with Crippen molar-refractivity contribution < 1.29 is 19.0 Å². The van der Waals surface area contributed by atoms with Crippen molar-refractivity contribution in [1.82, 2.24) is 10.2 Å². The van der Waals surface area contributed by atoms with Crippen LogP contribution in [0.3, 0.4) is 0 Å². The molecule has 0 spiro atoms. The van der Waals surface area contributed by atoms with Gasteiger partial charge in [-0.15, -0.1) is 10.2 Å². The Kier molecular flexibility index (Phi) is 9.24. The quantitative estimate of drug-likeness (QED) is 0.153. The Morgan fingerprint density at radius 2 is 1.94 bits per heavy atom. The molecule has 0 aliphatic heterocycles. The fourth-order valence-corrected chi connectivity index (χ4v) is 4.28. The van der Waals surface area contributed by atoms with Gasteiger partial charge in [-0.3, -0.25) is 10.1 Å². The van der Waals surface area contributed by atoms with Crippen LogP contribution in [-0.2, 0) is 11.2 Å². The Labute approximate surface area is 215 Å². The molecule has 2 aromatic carbocycles. The number of carbonyl (C=O) groups excluding carboxylic acids is 1. The van der Waals surface area contributed by atoms with Crippen molar-refractivity contribution in [3.63, 3.8) is 0 Å². The van der Waals surface area contributed by atoms with E-state index >= 15 is 0 Å². The van der Waals surface area contributed by atoms with Gasteiger partial charge in [-0.2, -0.15) is 5.26 Å². The Hall–Kier alpha value is -3.17. The van der Waals surface area contributed by atoms with E-state index in [4.69, 9.17) is 14.2 Å². The van der Waals surface area contributed by atoms with Gasteiger partial charge in [0.25, 0.3) is 5.91 Å². The molecule has 1 aromatic heterocycles. The van der Waals surface area contributed by atoms with Crippen LogP contribution in [0.2, 0.25) is 0 Å². The zero-order chi connectivity index (χ0) is 24.5. The number of nitrogens with zero attached hydrogens (tertiary/aromatic N) is 3. The summed E-state index contributed by atoms with van der Waals surface area (Å²) in [4.78, 5) is 12.5. The molecule has 8 nitrogen and oxygen atoms in total. The number of hydrogen-bond acceptors (Lipinski definition) is 8. The number of halogens is 1. The summed E-state index contributed by atoms with van der Waals surface area (Å²) < 4.78 is 17.9. The molecule has 3 aromatic rings. The summed E-state index contributed by atoms with van der Waals surface area (Å²) >= 11 is 3.40. The number of hydrogen-bond donors (Lipinski definition) is 1. The fourth-order valence-electron chi connectivity index (χ4n) is 2.83. The maximum Gasteiger partial charge on any atom is 0.268 e. The summed E-state index contributed by atoms with van der Waals surface area (Å²) in [6.45, 7) is 4.66. The monoisotopic (exact) mass is 590 g/mol. The molecule has 3 rings (SSSR count). The van der Waals surface area contributed by atoms with Crippen molar-refractivity contribution in [2.24, 2.45) is 0 Å². The summed E-state index contributed by atoms with van der Waals surface area (Å²) in [6, 6.07) is 13.3. The molecular weight excluding hydrogens is 567 g/mol. The minimum atomic E-state index is -0.552. The van der Waals surface area contributed by atoms with Crippen LogP contribution in [0.15, 0.2) is 42.0 Å². The Bertz CT molecular complexity index is 1220. The van der Waals surface area contributed by atoms with E-state index in [1.54, 1.807) is 6.07 Å². The summed E-state index contributed by atoms with van der Waals surface area (Å²) in [5, 5.41) is 21.2. The smallest absolute Gasteiger partial charge is 0.268 e. The summed E-state index contributed by atoms with van der Waals surface area (Å²) in [6.07, 6.45) is 2.21. The van der Waals surface area contributed by atoms with Gasteiger partial charge in [-0.05, 0) is 71.8 Å². The van der Waals surface area contributed by atoms with Crippen LogP contribution in [0.5, 0.6) is 17.2 Å². The van der Waals surface area contributed by atoms with Crippen LogP contribution in [-0.4, -0.2) is 36.4 Å². The second-order valence-electron chi connectivity index (χ2n) is 7.02. The molecule has 1 amide bonds. The number of carbonyl (C=O) groups is 1. The number of aromatic nitrogens is 2. The molecule has 0 atom stereocenters. The average molecular weight is 590 g/mol. The first-order chi connectivity index (χ1) is 16.4. The van der Waals surface area contributed by atoms with Gasteiger partial charge in [-0.25, -0.2) is 0 Å². The van der Waals surface area contributed by atoms with E-state index in [2.05, 4.69) is 38.1 Å². The Morgan fingerprint density at radius 1 is 1.21 bits per heavy atom. The molecule has 34 heavy (non-hydrogen) atoms. The van der Waals surface area contributed by atoms with Crippen LogP contribution < -0.4 is 19.5 Å². The zero-order valence-electron chi connectivity index (χ0n) is 18.9. The van der Waals surface area contributed by atoms with Crippen LogP contribution in [0.25, 0.3) is 6.08 Å². The van der Waals surface area contributed by atoms with Crippen LogP contribution in [0.1, 0.15) is 23.1 Å². The lowest BCUT2D eigenvalue weighted by Crippen LogP contribution is -2.13. The lowest BCUT2D eigenvalue weighted by molar-refractivity contribution is -0.112. The molecular formula is C24H23IN4O4S. The van der Waals surface area contributed by atoms with E-state index in [9.17, 15) is 10.1 Å². The van der Waals surface area contributed by atoms with Crippen molar-refractivity contribution in [3.05, 3.63) is 61.7 Å². The summed E-state index contributed by atoms with van der Waals surface area (Å²) in [5.41, 5.74) is 1.73. The highest BCUT2D eigenvalue weighted by Gasteiger charge is 2.15. The van der Waals surface area contributed by atoms with E-state index in [1.807, 2.05) is 50.2 Å². The zero-order valence-corrected chi connectivity index (χ0v) is 21.9. The van der Waals surface area contributed by atoms with Crippen LogP contribution >= 0.6 is 33.9 Å². The van der Waals surface area contributed by atoms with Gasteiger partial charge in [0.05, 0.1) is 10.7 Å². The second kappa shape index (κ2) is 12.3. The standard InChI is InChI=1S/C24H23IN4O4S/c1-4-21-28-29-24(34-21)27-23(30)17(14-26)11-16-12-19(25)22(20(13-16)31-3)33-10-9-32-18-7-5-15(2)6-8-18/h5-8,11-13H,4,9-10H2,1-3H3,(H,27,29,30)/b17-11-. The molecule has 0 aliphatic rings. The topological polar surface area (TPSA) is 106 Å². The third-order valence-electron chi connectivity index (χ3n) is 4.54. The van der Waals surface area contributed by atoms with E-state index in [0.29, 0.717) is 35.4 Å². The molecule has 0 saturated carbocycles. The van der Waals surface area contributed by atoms with Crippen molar-refractivity contribution in [2.45, 2.75) is 20.3 Å². The summed E-state index contributed by atoms with van der Waals surface area (Å²) in [7, 11) is 1.53. The molecule has 0 saturated heterocycles. The SMILES string of the molecule is CCc1nnc(NC(=O)/C(C#N)=C\c2cc(I)c(OCCOc3ccc(C)cc3)c(OC)c2)s1. The number of anilines is 1. The van der Waals surface area contributed by atoms with E-state index < -0.39 is 5.91 Å². The molecule has 0 radical (unpaired) electrons. The largest absolute Gasteiger partial charge is 0.493 e. The molecule has 1 heterocycles. The van der Waals surface area contributed by atoms with Crippen LogP contribution in [0.4, 0.5) is 5.13 Å². The van der Waals surface area contributed by atoms with Gasteiger partial charge < -0.3 is 14.2 Å². The van der Waals surface area contributed by atoms with Crippen molar-refractivity contribution in [3.8, 4) is 23.3 Å². The van der Waals surface area contributed by atoms with Crippen molar-refractivity contribution in [1.29, 1.82) is 5.26 Å². The molecule has 1 N–H and O–H groups in total. The first-order valence-corrected chi connectivity index (χ1v) is 12.3. The molecule has 10 heteroatoms. The highest BCUT2D eigenvalue weighted by atomic mass is 127. The number of nitrogens with one attached hydrogen (secondary N) is 1. The number of benzene rings is 2. The molecule has 0 unspecified atom stereocenters. The van der Waals surface area contributed by atoms with Crippen molar-refractivity contribution in [2.75, 3.05) is 25.6 Å². The number of ether oxygens (including phenoxy) is 3. The first-order valence-electron chi connectivity index (χ1n) is 10.4.